The Bertz CT molecular complexity index is 574. The lowest BCUT2D eigenvalue weighted by Crippen LogP contribution is -2.34. The maximum Gasteiger partial charge on any atom is 0.339 e. The molecule has 23 heavy (non-hydrogen) atoms. The molecule has 0 radical (unpaired) electrons. The first-order valence-electron chi connectivity index (χ1n) is 8.22. The number of amides is 1. The van der Waals surface area contributed by atoms with Crippen LogP contribution in [0.3, 0.4) is 0 Å². The summed E-state index contributed by atoms with van der Waals surface area (Å²) in [7, 11) is 1.34. The summed E-state index contributed by atoms with van der Waals surface area (Å²) < 4.78 is 4.77. The molecular weight excluding hydrogens is 294 g/mol. The fourth-order valence-electron chi connectivity index (χ4n) is 3.21. The van der Waals surface area contributed by atoms with Crippen LogP contribution in [0.15, 0.2) is 0 Å². The topological polar surface area (TPSA) is 74.4 Å². The summed E-state index contributed by atoms with van der Waals surface area (Å²) in [6.07, 6.45) is 2.55. The van der Waals surface area contributed by atoms with Gasteiger partial charge in [0.1, 0.15) is 5.69 Å². The molecular formula is C17H27N3O3. The predicted octanol–water partition coefficient (Wildman–Crippen LogP) is 1.88. The van der Waals surface area contributed by atoms with Gasteiger partial charge in [-0.05, 0) is 51.3 Å². The van der Waals surface area contributed by atoms with Gasteiger partial charge in [0.25, 0.3) is 5.91 Å². The highest BCUT2D eigenvalue weighted by molar-refractivity contribution is 6.00. The molecule has 1 aromatic heterocycles. The molecule has 2 rings (SSSR count). The number of nitrogens with zero attached hydrogens (tertiary/aromatic N) is 1. The van der Waals surface area contributed by atoms with Crippen LogP contribution in [-0.4, -0.2) is 55.0 Å². The zero-order valence-electron chi connectivity index (χ0n) is 14.5. The first kappa shape index (κ1) is 17.5. The number of rotatable bonds is 6. The van der Waals surface area contributed by atoms with Crippen molar-refractivity contribution >= 4 is 11.9 Å². The molecule has 1 atom stereocenters. The van der Waals surface area contributed by atoms with Crippen molar-refractivity contribution in [3.05, 3.63) is 22.5 Å². The Morgan fingerprint density at radius 1 is 1.30 bits per heavy atom. The van der Waals surface area contributed by atoms with E-state index < -0.39 is 5.97 Å². The summed E-state index contributed by atoms with van der Waals surface area (Å²) in [5, 5.41) is 2.96. The minimum Gasteiger partial charge on any atom is -0.465 e. The second-order valence-electron chi connectivity index (χ2n) is 6.44. The van der Waals surface area contributed by atoms with Gasteiger partial charge in [0.2, 0.25) is 0 Å². The molecule has 128 valence electrons. The Hall–Kier alpha value is -1.82. The zero-order chi connectivity index (χ0) is 17.0. The highest BCUT2D eigenvalue weighted by Gasteiger charge is 2.23. The number of likely N-dealkylation sites (tertiary alicyclic amines) is 1. The number of methoxy groups -OCH3 is 1. The molecule has 1 fully saturated rings. The third-order valence-corrected chi connectivity index (χ3v) is 4.43. The summed E-state index contributed by atoms with van der Waals surface area (Å²) in [4.78, 5) is 29.6. The molecule has 0 aliphatic carbocycles. The molecule has 1 aliphatic heterocycles. The van der Waals surface area contributed by atoms with Gasteiger partial charge in [0, 0.05) is 18.8 Å². The molecule has 1 saturated heterocycles. The van der Waals surface area contributed by atoms with E-state index in [0.29, 0.717) is 35.0 Å². The summed E-state index contributed by atoms with van der Waals surface area (Å²) in [6, 6.07) is 0. The van der Waals surface area contributed by atoms with Crippen LogP contribution in [-0.2, 0) is 4.74 Å². The molecule has 1 aromatic rings. The molecule has 0 aromatic carbocycles. The summed E-state index contributed by atoms with van der Waals surface area (Å²) >= 11 is 0. The van der Waals surface area contributed by atoms with E-state index >= 15 is 0 Å². The fraction of sp³-hybridized carbons (Fsp3) is 0.647. The van der Waals surface area contributed by atoms with Crippen LogP contribution in [0.1, 0.15) is 51.9 Å². The largest absolute Gasteiger partial charge is 0.465 e. The van der Waals surface area contributed by atoms with E-state index in [1.807, 2.05) is 0 Å². The molecule has 0 saturated carbocycles. The van der Waals surface area contributed by atoms with Crippen LogP contribution < -0.4 is 5.32 Å². The number of H-pyrrole nitrogens is 1. The van der Waals surface area contributed by atoms with Crippen LogP contribution in [0.5, 0.6) is 0 Å². The van der Waals surface area contributed by atoms with Crippen molar-refractivity contribution in [2.24, 2.45) is 5.92 Å². The molecule has 6 nitrogen and oxygen atoms in total. The van der Waals surface area contributed by atoms with Crippen LogP contribution >= 0.6 is 0 Å². The third kappa shape index (κ3) is 4.13. The molecule has 0 bridgehead atoms. The Balaban J connectivity index is 1.94. The highest BCUT2D eigenvalue weighted by atomic mass is 16.5. The fourth-order valence-corrected chi connectivity index (χ4v) is 3.21. The average Bonchev–Trinajstić information content (AvgIpc) is 3.12. The van der Waals surface area contributed by atoms with Gasteiger partial charge in [-0.2, -0.15) is 0 Å². The Labute approximate surface area is 137 Å². The van der Waals surface area contributed by atoms with Crippen LogP contribution in [0, 0.1) is 19.8 Å². The number of hydrogen-bond acceptors (Lipinski definition) is 4. The number of aryl methyl sites for hydroxylation is 1. The molecule has 1 amide bonds. The zero-order valence-corrected chi connectivity index (χ0v) is 14.5. The van der Waals surface area contributed by atoms with E-state index in [2.05, 4.69) is 22.1 Å². The summed E-state index contributed by atoms with van der Waals surface area (Å²) in [5.41, 5.74) is 2.18. The Morgan fingerprint density at radius 3 is 2.57 bits per heavy atom. The normalized spacial score (nSPS) is 16.3. The van der Waals surface area contributed by atoms with E-state index in [9.17, 15) is 9.59 Å². The smallest absolute Gasteiger partial charge is 0.339 e. The number of carbonyl (C=O) groups excluding carboxylic acids is 2. The lowest BCUT2D eigenvalue weighted by Gasteiger charge is -2.20. The van der Waals surface area contributed by atoms with Crippen molar-refractivity contribution in [2.45, 2.75) is 33.6 Å². The maximum absolute atomic E-state index is 12.4. The molecule has 2 heterocycles. The van der Waals surface area contributed by atoms with Crippen LogP contribution in [0.2, 0.25) is 0 Å². The number of ether oxygens (including phenoxy) is 1. The van der Waals surface area contributed by atoms with E-state index in [-0.39, 0.29) is 5.91 Å². The molecule has 0 unspecified atom stereocenters. The quantitative estimate of drug-likeness (QED) is 0.785. The van der Waals surface area contributed by atoms with Crippen molar-refractivity contribution < 1.29 is 14.3 Å². The first-order chi connectivity index (χ1) is 10.9. The number of esters is 1. The Kier molecular flexibility index (Phi) is 5.82. The number of aromatic nitrogens is 1. The first-order valence-corrected chi connectivity index (χ1v) is 8.22. The van der Waals surface area contributed by atoms with Gasteiger partial charge in [-0.3, -0.25) is 4.79 Å². The minimum absolute atomic E-state index is 0.172. The van der Waals surface area contributed by atoms with Gasteiger partial charge in [0.15, 0.2) is 0 Å². The summed E-state index contributed by atoms with van der Waals surface area (Å²) in [5.74, 6) is -0.194. The second-order valence-corrected chi connectivity index (χ2v) is 6.44. The van der Waals surface area contributed by atoms with Gasteiger partial charge in [-0.25, -0.2) is 4.79 Å². The van der Waals surface area contributed by atoms with Gasteiger partial charge in [-0.1, -0.05) is 6.92 Å². The second kappa shape index (κ2) is 7.64. The highest BCUT2D eigenvalue weighted by Crippen LogP contribution is 2.19. The maximum atomic E-state index is 12.4. The van der Waals surface area contributed by atoms with Crippen molar-refractivity contribution in [1.29, 1.82) is 0 Å². The van der Waals surface area contributed by atoms with Gasteiger partial charge >= 0.3 is 5.97 Å². The number of carbonyl (C=O) groups is 2. The minimum atomic E-state index is -0.419. The van der Waals surface area contributed by atoms with E-state index in [0.717, 1.165) is 19.6 Å². The van der Waals surface area contributed by atoms with Crippen molar-refractivity contribution in [3.63, 3.8) is 0 Å². The van der Waals surface area contributed by atoms with Crippen molar-refractivity contribution in [3.8, 4) is 0 Å². The standard InChI is InChI=1S/C17H27N3O3/c1-11(10-20-7-5-6-8-20)9-18-16(21)15-12(2)14(13(3)19-15)17(22)23-4/h11,19H,5-10H2,1-4H3,(H,18,21)/t11-/m1/s1. The Morgan fingerprint density at radius 2 is 1.96 bits per heavy atom. The van der Waals surface area contributed by atoms with E-state index in [4.69, 9.17) is 4.74 Å². The van der Waals surface area contributed by atoms with Gasteiger partial charge < -0.3 is 19.9 Å². The molecule has 1 aliphatic rings. The van der Waals surface area contributed by atoms with Crippen molar-refractivity contribution in [2.75, 3.05) is 33.3 Å². The third-order valence-electron chi connectivity index (χ3n) is 4.43. The number of aromatic amines is 1. The lowest BCUT2D eigenvalue weighted by molar-refractivity contribution is 0.0599. The average molecular weight is 321 g/mol. The SMILES string of the molecule is COC(=O)c1c(C)[nH]c(C(=O)NC[C@@H](C)CN2CCCC2)c1C. The monoisotopic (exact) mass is 321 g/mol. The molecule has 6 heteroatoms. The molecule has 0 spiro atoms. The molecule has 2 N–H and O–H groups in total. The van der Waals surface area contributed by atoms with Crippen LogP contribution in [0.25, 0.3) is 0 Å². The predicted molar refractivity (Wildman–Crippen MR) is 88.8 cm³/mol. The van der Waals surface area contributed by atoms with Crippen LogP contribution in [0.4, 0.5) is 0 Å². The van der Waals surface area contributed by atoms with E-state index in [1.54, 1.807) is 13.8 Å². The van der Waals surface area contributed by atoms with Gasteiger partial charge in [0.05, 0.1) is 12.7 Å². The number of hydrogen-bond donors (Lipinski definition) is 2. The number of nitrogens with one attached hydrogen (secondary N) is 2. The van der Waals surface area contributed by atoms with Gasteiger partial charge in [-0.15, -0.1) is 0 Å². The van der Waals surface area contributed by atoms with E-state index in [1.165, 1.54) is 20.0 Å². The van der Waals surface area contributed by atoms with Crippen molar-refractivity contribution in [1.82, 2.24) is 15.2 Å². The summed E-state index contributed by atoms with van der Waals surface area (Å²) in [6.45, 7) is 9.64. The lowest BCUT2D eigenvalue weighted by atomic mass is 10.1.